The second-order valence-corrected chi connectivity index (χ2v) is 7.93. The third-order valence-corrected chi connectivity index (χ3v) is 6.10. The summed E-state index contributed by atoms with van der Waals surface area (Å²) in [6.07, 6.45) is 2.62. The summed E-state index contributed by atoms with van der Waals surface area (Å²) in [6, 6.07) is 8.08. The van der Waals surface area contributed by atoms with E-state index in [0.717, 1.165) is 0 Å². The Balaban J connectivity index is 1.62. The highest BCUT2D eigenvalue weighted by Crippen LogP contribution is 2.24. The van der Waals surface area contributed by atoms with Gasteiger partial charge in [0.25, 0.3) is 0 Å². The number of methoxy groups -OCH3 is 1. The molecule has 134 valence electrons. The van der Waals surface area contributed by atoms with E-state index < -0.39 is 10.0 Å². The first kappa shape index (κ1) is 17.9. The average Bonchev–Trinajstić information content (AvgIpc) is 2.63. The number of benzene rings is 1. The molecule has 1 aromatic heterocycles. The summed E-state index contributed by atoms with van der Waals surface area (Å²) in [5.74, 6) is 0.422. The van der Waals surface area contributed by atoms with Crippen molar-refractivity contribution in [2.45, 2.75) is 23.8 Å². The lowest BCUT2D eigenvalue weighted by atomic mass is 10.1. The molecule has 1 saturated heterocycles. The topological polar surface area (TPSA) is 81.6 Å². The van der Waals surface area contributed by atoms with Gasteiger partial charge < -0.3 is 9.47 Å². The summed E-state index contributed by atoms with van der Waals surface area (Å²) in [7, 11) is -2.03. The van der Waals surface area contributed by atoms with Crippen molar-refractivity contribution in [2.75, 3.05) is 20.2 Å². The van der Waals surface area contributed by atoms with E-state index in [0.29, 0.717) is 36.8 Å². The Hall–Kier alpha value is -1.90. The van der Waals surface area contributed by atoms with Gasteiger partial charge in [0, 0.05) is 30.4 Å². The number of rotatable bonds is 5. The van der Waals surface area contributed by atoms with Crippen LogP contribution in [0, 0.1) is 0 Å². The monoisotopic (exact) mass is 383 g/mol. The highest BCUT2D eigenvalue weighted by atomic mass is 35.5. The summed E-state index contributed by atoms with van der Waals surface area (Å²) in [5, 5.41) is 0.506. The maximum Gasteiger partial charge on any atom is 0.319 e. The quantitative estimate of drug-likeness (QED) is 0.788. The number of nitrogens with zero attached hydrogens (tertiary/aromatic N) is 3. The van der Waals surface area contributed by atoms with Gasteiger partial charge in [0.1, 0.15) is 6.10 Å². The number of hydrogen-bond acceptors (Lipinski definition) is 6. The molecular weight excluding hydrogens is 366 g/mol. The minimum absolute atomic E-state index is 0.101. The van der Waals surface area contributed by atoms with Gasteiger partial charge >= 0.3 is 6.01 Å². The Kier molecular flexibility index (Phi) is 5.41. The molecule has 1 aliphatic heterocycles. The predicted molar refractivity (Wildman–Crippen MR) is 92.4 cm³/mol. The average molecular weight is 384 g/mol. The lowest BCUT2D eigenvalue weighted by Gasteiger charge is -2.31. The van der Waals surface area contributed by atoms with E-state index in [9.17, 15) is 8.42 Å². The van der Waals surface area contributed by atoms with E-state index in [1.165, 1.54) is 23.5 Å². The summed E-state index contributed by atoms with van der Waals surface area (Å²) in [4.78, 5) is 8.28. The molecular formula is C16H18ClN3O4S. The number of hydrogen-bond donors (Lipinski definition) is 0. The number of sulfonamides is 1. The van der Waals surface area contributed by atoms with Crippen molar-refractivity contribution >= 4 is 21.6 Å². The van der Waals surface area contributed by atoms with Gasteiger partial charge in [-0.05, 0) is 37.1 Å². The molecule has 0 bridgehead atoms. The molecule has 0 N–H and O–H groups in total. The van der Waals surface area contributed by atoms with Crippen molar-refractivity contribution in [1.29, 1.82) is 0 Å². The third-order valence-electron chi connectivity index (χ3n) is 3.93. The number of ether oxygens (including phenoxy) is 2. The molecule has 1 aromatic carbocycles. The van der Waals surface area contributed by atoms with E-state index in [-0.39, 0.29) is 17.0 Å². The molecule has 0 aliphatic carbocycles. The number of halogens is 1. The predicted octanol–water partition coefficient (Wildman–Crippen LogP) is 2.37. The normalized spacial score (nSPS) is 16.6. The van der Waals surface area contributed by atoms with Crippen molar-refractivity contribution in [2.24, 2.45) is 0 Å². The van der Waals surface area contributed by atoms with Crippen molar-refractivity contribution in [3.8, 4) is 11.9 Å². The van der Waals surface area contributed by atoms with Crippen LogP contribution >= 0.6 is 11.6 Å². The summed E-state index contributed by atoms with van der Waals surface area (Å²) in [6.45, 7) is 0.774. The number of piperidine rings is 1. The standard InChI is InChI=1S/C16H18ClN3O4S/c1-23-16-18-9-6-15(19-16)24-13-7-10-20(11-8-13)25(21,22)14-4-2-12(17)3-5-14/h2-6,9,13H,7-8,10-11H2,1H3. The molecule has 0 atom stereocenters. The van der Waals surface area contributed by atoms with Crippen LogP contribution in [-0.2, 0) is 10.0 Å². The Bertz CT molecular complexity index is 822. The molecule has 2 aromatic rings. The van der Waals surface area contributed by atoms with Gasteiger partial charge in [0.2, 0.25) is 15.9 Å². The van der Waals surface area contributed by atoms with Crippen molar-refractivity contribution in [3.05, 3.63) is 41.6 Å². The molecule has 9 heteroatoms. The molecule has 0 radical (unpaired) electrons. The third kappa shape index (κ3) is 4.20. The highest BCUT2D eigenvalue weighted by Gasteiger charge is 2.30. The van der Waals surface area contributed by atoms with Crippen molar-refractivity contribution in [1.82, 2.24) is 14.3 Å². The van der Waals surface area contributed by atoms with Gasteiger partial charge in [-0.15, -0.1) is 0 Å². The van der Waals surface area contributed by atoms with E-state index in [2.05, 4.69) is 9.97 Å². The molecule has 0 saturated carbocycles. The lowest BCUT2D eigenvalue weighted by Crippen LogP contribution is -2.41. The van der Waals surface area contributed by atoms with Gasteiger partial charge in [0.05, 0.1) is 12.0 Å². The zero-order valence-electron chi connectivity index (χ0n) is 13.6. The van der Waals surface area contributed by atoms with Crippen LogP contribution in [0.4, 0.5) is 0 Å². The fourth-order valence-corrected chi connectivity index (χ4v) is 4.20. The van der Waals surface area contributed by atoms with Gasteiger partial charge in [0.15, 0.2) is 0 Å². The van der Waals surface area contributed by atoms with E-state index in [4.69, 9.17) is 21.1 Å². The van der Waals surface area contributed by atoms with Crippen molar-refractivity contribution in [3.63, 3.8) is 0 Å². The molecule has 1 fully saturated rings. The van der Waals surface area contributed by atoms with Crippen LogP contribution < -0.4 is 9.47 Å². The lowest BCUT2D eigenvalue weighted by molar-refractivity contribution is 0.128. The first-order chi connectivity index (χ1) is 12.0. The molecule has 0 unspecified atom stereocenters. The van der Waals surface area contributed by atoms with Gasteiger partial charge in [-0.3, -0.25) is 0 Å². The highest BCUT2D eigenvalue weighted by molar-refractivity contribution is 7.89. The number of aromatic nitrogens is 2. The SMILES string of the molecule is COc1nccc(OC2CCN(S(=O)(=O)c3ccc(Cl)cc3)CC2)n1. The van der Waals surface area contributed by atoms with Gasteiger partial charge in [-0.2, -0.15) is 9.29 Å². The first-order valence-electron chi connectivity index (χ1n) is 7.78. The minimum atomic E-state index is -3.51. The van der Waals surface area contributed by atoms with Crippen LogP contribution in [0.5, 0.6) is 11.9 Å². The van der Waals surface area contributed by atoms with Gasteiger partial charge in [-0.1, -0.05) is 11.6 Å². The maximum atomic E-state index is 12.7. The van der Waals surface area contributed by atoms with Crippen LogP contribution in [-0.4, -0.2) is 49.0 Å². The molecule has 25 heavy (non-hydrogen) atoms. The van der Waals surface area contributed by atoms with E-state index >= 15 is 0 Å². The summed E-state index contributed by atoms with van der Waals surface area (Å²) in [5.41, 5.74) is 0. The smallest absolute Gasteiger partial charge is 0.319 e. The van der Waals surface area contributed by atoms with Crippen LogP contribution in [0.25, 0.3) is 0 Å². The van der Waals surface area contributed by atoms with Crippen molar-refractivity contribution < 1.29 is 17.9 Å². The van der Waals surface area contributed by atoms with Crippen LogP contribution in [0.1, 0.15) is 12.8 Å². The molecule has 7 nitrogen and oxygen atoms in total. The molecule has 1 aliphatic rings. The zero-order chi connectivity index (χ0) is 17.9. The molecule has 0 spiro atoms. The Labute approximate surface area is 151 Å². The van der Waals surface area contributed by atoms with Crippen LogP contribution in [0.15, 0.2) is 41.4 Å². The summed E-state index contributed by atoms with van der Waals surface area (Å²) < 4.78 is 37.5. The fourth-order valence-electron chi connectivity index (χ4n) is 2.61. The molecule has 2 heterocycles. The Morgan fingerprint density at radius 1 is 1.16 bits per heavy atom. The summed E-state index contributed by atoms with van der Waals surface area (Å²) >= 11 is 5.82. The second kappa shape index (κ2) is 7.55. The van der Waals surface area contributed by atoms with Crippen LogP contribution in [0.2, 0.25) is 5.02 Å². The van der Waals surface area contributed by atoms with E-state index in [1.807, 2.05) is 0 Å². The largest absolute Gasteiger partial charge is 0.474 e. The Morgan fingerprint density at radius 3 is 2.48 bits per heavy atom. The molecule has 3 rings (SSSR count). The zero-order valence-corrected chi connectivity index (χ0v) is 15.2. The fraction of sp³-hybridized carbons (Fsp3) is 0.375. The van der Waals surface area contributed by atoms with Crippen LogP contribution in [0.3, 0.4) is 0 Å². The second-order valence-electron chi connectivity index (χ2n) is 5.56. The minimum Gasteiger partial charge on any atom is -0.474 e. The first-order valence-corrected chi connectivity index (χ1v) is 9.60. The Morgan fingerprint density at radius 2 is 1.84 bits per heavy atom. The van der Waals surface area contributed by atoms with Gasteiger partial charge in [-0.25, -0.2) is 13.4 Å². The van der Waals surface area contributed by atoms with E-state index in [1.54, 1.807) is 24.4 Å². The maximum absolute atomic E-state index is 12.7. The molecule has 0 amide bonds.